The zero-order chi connectivity index (χ0) is 19.1. The van der Waals surface area contributed by atoms with Gasteiger partial charge < -0.3 is 23.7 Å². The molecular formula is C20H25ClO6. The minimum Gasteiger partial charge on any atom is -0.461 e. The molecule has 0 aliphatic carbocycles. The Kier molecular flexibility index (Phi) is 7.38. The van der Waals surface area contributed by atoms with Crippen LogP contribution in [0.4, 0.5) is 0 Å². The zero-order valence-corrected chi connectivity index (χ0v) is 16.0. The fourth-order valence-corrected chi connectivity index (χ4v) is 3.00. The first-order chi connectivity index (χ1) is 13.1. The van der Waals surface area contributed by atoms with E-state index in [-0.39, 0.29) is 24.2 Å². The maximum absolute atomic E-state index is 11.5. The van der Waals surface area contributed by atoms with Crippen molar-refractivity contribution in [2.75, 3.05) is 13.2 Å². The van der Waals surface area contributed by atoms with Crippen LogP contribution in [0, 0.1) is 0 Å². The third-order valence-electron chi connectivity index (χ3n) is 4.39. The van der Waals surface area contributed by atoms with Crippen LogP contribution in [0.1, 0.15) is 44.1 Å². The number of hydrogen-bond acceptors (Lipinski definition) is 6. The Hall–Kier alpha value is -1.76. The maximum atomic E-state index is 11.5. The Morgan fingerprint density at radius 2 is 1.67 bits per heavy atom. The van der Waals surface area contributed by atoms with E-state index in [9.17, 15) is 4.79 Å². The van der Waals surface area contributed by atoms with Gasteiger partial charge in [-0.3, -0.25) is 0 Å². The molecule has 0 aromatic heterocycles. The van der Waals surface area contributed by atoms with Gasteiger partial charge in [-0.2, -0.15) is 0 Å². The van der Waals surface area contributed by atoms with E-state index in [1.165, 1.54) is 0 Å². The minimum absolute atomic E-state index is 0.0622. The minimum atomic E-state index is -0.648. The summed E-state index contributed by atoms with van der Waals surface area (Å²) in [6.07, 6.45) is 5.30. The van der Waals surface area contributed by atoms with Crippen molar-refractivity contribution in [3.05, 3.63) is 35.4 Å². The highest BCUT2D eigenvalue weighted by molar-refractivity contribution is 6.40. The molecule has 2 unspecified atom stereocenters. The molecule has 0 radical (unpaired) electrons. The number of benzene rings is 1. The Morgan fingerprint density at radius 3 is 2.22 bits per heavy atom. The summed E-state index contributed by atoms with van der Waals surface area (Å²) < 4.78 is 28.5. The van der Waals surface area contributed by atoms with Crippen LogP contribution in [0.25, 0.3) is 0 Å². The Labute approximate surface area is 164 Å². The normalized spacial score (nSPS) is 22.7. The molecule has 0 bridgehead atoms. The molecule has 2 fully saturated rings. The lowest BCUT2D eigenvalue weighted by atomic mass is 10.2. The number of ether oxygens (including phenoxy) is 5. The van der Waals surface area contributed by atoms with E-state index in [2.05, 4.69) is 6.58 Å². The third-order valence-corrected chi connectivity index (χ3v) is 4.55. The molecule has 7 heteroatoms. The molecule has 1 aromatic carbocycles. The van der Waals surface area contributed by atoms with E-state index < -0.39 is 5.97 Å². The topological polar surface area (TPSA) is 63.2 Å². The molecule has 0 N–H and O–H groups in total. The van der Waals surface area contributed by atoms with Gasteiger partial charge in [0.1, 0.15) is 11.6 Å². The van der Waals surface area contributed by atoms with Crippen molar-refractivity contribution in [3.63, 3.8) is 0 Å². The van der Waals surface area contributed by atoms with Gasteiger partial charge in [-0.15, -0.1) is 0 Å². The van der Waals surface area contributed by atoms with E-state index in [0.29, 0.717) is 24.7 Å². The highest BCUT2D eigenvalue weighted by atomic mass is 35.5. The first-order valence-corrected chi connectivity index (χ1v) is 9.70. The van der Waals surface area contributed by atoms with E-state index in [4.69, 9.17) is 35.3 Å². The molecule has 2 saturated heterocycles. The largest absolute Gasteiger partial charge is 0.461 e. The average Bonchev–Trinajstić information content (AvgIpc) is 2.69. The second-order valence-electron chi connectivity index (χ2n) is 6.59. The van der Waals surface area contributed by atoms with Gasteiger partial charge in [-0.05, 0) is 43.4 Å². The predicted octanol–water partition coefficient (Wildman–Crippen LogP) is 4.29. The second-order valence-corrected chi connectivity index (χ2v) is 7.05. The standard InChI is InChI=1S/C20H25ClO6/c1-14(21)20(22)25-13-15-8-9-16(26-18-6-2-4-10-23-18)17(12-15)27-19-7-3-5-11-24-19/h8-9,12,18-19H,1-7,10-11,13H2. The molecule has 0 saturated carbocycles. The first-order valence-electron chi connectivity index (χ1n) is 9.33. The summed E-state index contributed by atoms with van der Waals surface area (Å²) in [5.74, 6) is 0.493. The van der Waals surface area contributed by atoms with Crippen LogP contribution in [0.2, 0.25) is 0 Å². The molecule has 2 atom stereocenters. The number of esters is 1. The van der Waals surface area contributed by atoms with Crippen LogP contribution in [0.3, 0.4) is 0 Å². The lowest BCUT2D eigenvalue weighted by molar-refractivity contribution is -0.139. The maximum Gasteiger partial charge on any atom is 0.349 e. The molecule has 6 nitrogen and oxygen atoms in total. The lowest BCUT2D eigenvalue weighted by Crippen LogP contribution is -2.27. The van der Waals surface area contributed by atoms with Gasteiger partial charge in [-0.1, -0.05) is 24.2 Å². The van der Waals surface area contributed by atoms with Crippen molar-refractivity contribution in [2.45, 2.75) is 57.7 Å². The summed E-state index contributed by atoms with van der Waals surface area (Å²) in [5.41, 5.74) is 0.754. The zero-order valence-electron chi connectivity index (χ0n) is 15.3. The highest BCUT2D eigenvalue weighted by Gasteiger charge is 2.21. The van der Waals surface area contributed by atoms with Gasteiger partial charge in [0.05, 0.1) is 13.2 Å². The molecule has 0 spiro atoms. The summed E-state index contributed by atoms with van der Waals surface area (Å²) in [7, 11) is 0. The smallest absolute Gasteiger partial charge is 0.349 e. The van der Waals surface area contributed by atoms with Gasteiger partial charge in [0, 0.05) is 12.8 Å². The molecule has 2 aliphatic heterocycles. The molecule has 3 rings (SSSR count). The summed E-state index contributed by atoms with van der Waals surface area (Å²) >= 11 is 5.54. The molecule has 2 heterocycles. The van der Waals surface area contributed by atoms with E-state index in [1.807, 2.05) is 6.07 Å². The molecular weight excluding hydrogens is 372 g/mol. The SMILES string of the molecule is C=C(Cl)C(=O)OCc1ccc(OC2CCCCO2)c(OC2CCCCO2)c1. The van der Waals surface area contributed by atoms with Gasteiger partial charge >= 0.3 is 5.97 Å². The number of carbonyl (C=O) groups excluding carboxylic acids is 1. The van der Waals surface area contributed by atoms with Crippen LogP contribution in [-0.2, 0) is 25.6 Å². The molecule has 2 aliphatic rings. The van der Waals surface area contributed by atoms with Gasteiger partial charge in [0.25, 0.3) is 0 Å². The van der Waals surface area contributed by atoms with E-state index >= 15 is 0 Å². The van der Waals surface area contributed by atoms with Crippen molar-refractivity contribution >= 4 is 17.6 Å². The molecule has 1 aromatic rings. The monoisotopic (exact) mass is 396 g/mol. The molecule has 148 valence electrons. The Balaban J connectivity index is 1.71. The van der Waals surface area contributed by atoms with Gasteiger partial charge in [0.15, 0.2) is 24.1 Å². The van der Waals surface area contributed by atoms with Gasteiger partial charge in [0.2, 0.25) is 0 Å². The number of hydrogen-bond donors (Lipinski definition) is 0. The third kappa shape index (κ3) is 6.13. The molecule has 0 amide bonds. The molecule has 27 heavy (non-hydrogen) atoms. The van der Waals surface area contributed by atoms with Crippen molar-refractivity contribution in [1.82, 2.24) is 0 Å². The number of rotatable bonds is 7. The second kappa shape index (κ2) is 9.97. The summed E-state index contributed by atoms with van der Waals surface area (Å²) in [6, 6.07) is 5.41. The fourth-order valence-electron chi connectivity index (χ4n) is 2.95. The number of carbonyl (C=O) groups is 1. The Bertz CT molecular complexity index is 650. The fraction of sp³-hybridized carbons (Fsp3) is 0.550. The van der Waals surface area contributed by atoms with Gasteiger partial charge in [-0.25, -0.2) is 4.79 Å². The van der Waals surface area contributed by atoms with Crippen molar-refractivity contribution in [3.8, 4) is 11.5 Å². The quantitative estimate of drug-likeness (QED) is 0.506. The predicted molar refractivity (Wildman–Crippen MR) is 99.7 cm³/mol. The lowest BCUT2D eigenvalue weighted by Gasteiger charge is -2.27. The van der Waals surface area contributed by atoms with E-state index in [1.54, 1.807) is 12.1 Å². The van der Waals surface area contributed by atoms with Crippen molar-refractivity contribution < 1.29 is 28.5 Å². The van der Waals surface area contributed by atoms with Crippen molar-refractivity contribution in [1.29, 1.82) is 0 Å². The van der Waals surface area contributed by atoms with E-state index in [0.717, 1.165) is 44.1 Å². The van der Waals surface area contributed by atoms with Crippen molar-refractivity contribution in [2.24, 2.45) is 0 Å². The summed E-state index contributed by atoms with van der Waals surface area (Å²) in [6.45, 7) is 4.80. The number of halogens is 1. The first kappa shape index (κ1) is 20.0. The van der Waals surface area contributed by atoms with Crippen LogP contribution < -0.4 is 9.47 Å². The Morgan fingerprint density at radius 1 is 1.04 bits per heavy atom. The highest BCUT2D eigenvalue weighted by Crippen LogP contribution is 2.33. The summed E-state index contributed by atoms with van der Waals surface area (Å²) in [5, 5.41) is -0.156. The summed E-state index contributed by atoms with van der Waals surface area (Å²) in [4.78, 5) is 11.5. The van der Waals surface area contributed by atoms with Crippen LogP contribution in [0.15, 0.2) is 29.8 Å². The van der Waals surface area contributed by atoms with Crippen LogP contribution >= 0.6 is 11.6 Å². The van der Waals surface area contributed by atoms with Crippen LogP contribution in [-0.4, -0.2) is 31.8 Å². The average molecular weight is 397 g/mol. The van der Waals surface area contributed by atoms with Crippen LogP contribution in [0.5, 0.6) is 11.5 Å².